The molecule has 1 aromatic rings. The van der Waals surface area contributed by atoms with Crippen molar-refractivity contribution in [3.05, 3.63) is 35.4 Å². The van der Waals surface area contributed by atoms with Gasteiger partial charge in [0.1, 0.15) is 0 Å². The lowest BCUT2D eigenvalue weighted by Crippen LogP contribution is -2.09. The average molecular weight is 200 g/mol. The van der Waals surface area contributed by atoms with Crippen LogP contribution in [0, 0.1) is 17.6 Å². The van der Waals surface area contributed by atoms with Crippen LogP contribution in [0.1, 0.15) is 18.9 Å². The lowest BCUT2D eigenvalue weighted by atomic mass is 9.97. The summed E-state index contributed by atoms with van der Waals surface area (Å²) >= 11 is 0. The molecule has 1 nitrogen and oxygen atoms in total. The van der Waals surface area contributed by atoms with Crippen molar-refractivity contribution in [2.24, 2.45) is 5.92 Å². The monoisotopic (exact) mass is 200 g/mol. The number of halogens is 2. The van der Waals surface area contributed by atoms with Crippen LogP contribution < -0.4 is 0 Å². The molecule has 1 N–H and O–H groups in total. The maximum Gasteiger partial charge on any atom is 0.162 e. The molecule has 0 aliphatic carbocycles. The van der Waals surface area contributed by atoms with Gasteiger partial charge < -0.3 is 5.11 Å². The Morgan fingerprint density at radius 2 is 2.07 bits per heavy atom. The van der Waals surface area contributed by atoms with Gasteiger partial charge in [-0.25, -0.2) is 8.78 Å². The third-order valence-electron chi connectivity index (χ3n) is 2.38. The molecule has 0 aliphatic heterocycles. The van der Waals surface area contributed by atoms with Crippen molar-refractivity contribution in [2.45, 2.75) is 19.8 Å². The van der Waals surface area contributed by atoms with Gasteiger partial charge in [0.25, 0.3) is 0 Å². The zero-order chi connectivity index (χ0) is 10.6. The zero-order valence-corrected chi connectivity index (χ0v) is 8.13. The standard InChI is InChI=1S/C11H14F2O/c1-2-8(7-14)6-9-4-3-5-10(12)11(9)13/h3-5,8,14H,2,6-7H2,1H3. The molecule has 0 amide bonds. The summed E-state index contributed by atoms with van der Waals surface area (Å²) in [4.78, 5) is 0. The van der Waals surface area contributed by atoms with Crippen molar-refractivity contribution in [3.63, 3.8) is 0 Å². The van der Waals surface area contributed by atoms with Crippen molar-refractivity contribution in [2.75, 3.05) is 6.61 Å². The Morgan fingerprint density at radius 3 is 2.64 bits per heavy atom. The minimum absolute atomic E-state index is 0.00583. The van der Waals surface area contributed by atoms with Crippen LogP contribution in [0.5, 0.6) is 0 Å². The first-order valence-corrected chi connectivity index (χ1v) is 4.72. The molecule has 0 saturated carbocycles. The molecule has 14 heavy (non-hydrogen) atoms. The number of benzene rings is 1. The number of rotatable bonds is 4. The van der Waals surface area contributed by atoms with Gasteiger partial charge in [0.05, 0.1) is 0 Å². The summed E-state index contributed by atoms with van der Waals surface area (Å²) in [5.41, 5.74) is 0.339. The van der Waals surface area contributed by atoms with Crippen LogP contribution in [0.25, 0.3) is 0 Å². The second kappa shape index (κ2) is 5.05. The predicted molar refractivity (Wildman–Crippen MR) is 50.9 cm³/mol. The van der Waals surface area contributed by atoms with Crippen molar-refractivity contribution in [1.29, 1.82) is 0 Å². The zero-order valence-electron chi connectivity index (χ0n) is 8.13. The number of aliphatic hydroxyl groups is 1. The fourth-order valence-electron chi connectivity index (χ4n) is 1.36. The average Bonchev–Trinajstić information content (AvgIpc) is 2.20. The van der Waals surface area contributed by atoms with E-state index < -0.39 is 11.6 Å². The van der Waals surface area contributed by atoms with E-state index in [1.165, 1.54) is 6.07 Å². The maximum absolute atomic E-state index is 13.2. The highest BCUT2D eigenvalue weighted by molar-refractivity contribution is 5.19. The van der Waals surface area contributed by atoms with E-state index in [0.29, 0.717) is 12.0 Å². The Balaban J connectivity index is 2.80. The number of hydrogen-bond acceptors (Lipinski definition) is 1. The summed E-state index contributed by atoms with van der Waals surface area (Å²) in [6.07, 6.45) is 1.14. The van der Waals surface area contributed by atoms with Gasteiger partial charge in [0.15, 0.2) is 11.6 Å². The first-order chi connectivity index (χ1) is 6.69. The van der Waals surface area contributed by atoms with Crippen molar-refractivity contribution in [3.8, 4) is 0 Å². The molecule has 1 aromatic carbocycles. The Kier molecular flexibility index (Phi) is 4.01. The van der Waals surface area contributed by atoms with E-state index in [4.69, 9.17) is 5.11 Å². The molecular formula is C11H14F2O. The molecule has 1 rings (SSSR count). The van der Waals surface area contributed by atoms with E-state index in [0.717, 1.165) is 12.5 Å². The second-order valence-corrected chi connectivity index (χ2v) is 3.37. The van der Waals surface area contributed by atoms with Gasteiger partial charge in [-0.15, -0.1) is 0 Å². The summed E-state index contributed by atoms with van der Waals surface area (Å²) in [5, 5.41) is 8.93. The van der Waals surface area contributed by atoms with Gasteiger partial charge in [0, 0.05) is 6.61 Å². The van der Waals surface area contributed by atoms with Gasteiger partial charge in [-0.3, -0.25) is 0 Å². The Hall–Kier alpha value is -0.960. The highest BCUT2D eigenvalue weighted by Crippen LogP contribution is 2.17. The number of hydrogen-bond donors (Lipinski definition) is 1. The molecule has 1 unspecified atom stereocenters. The molecule has 0 radical (unpaired) electrons. The summed E-state index contributed by atoms with van der Waals surface area (Å²) in [6.45, 7) is 1.92. The van der Waals surface area contributed by atoms with Gasteiger partial charge in [-0.2, -0.15) is 0 Å². The molecule has 0 aromatic heterocycles. The van der Waals surface area contributed by atoms with Crippen LogP contribution in [0.2, 0.25) is 0 Å². The van der Waals surface area contributed by atoms with Crippen molar-refractivity contribution < 1.29 is 13.9 Å². The van der Waals surface area contributed by atoms with E-state index >= 15 is 0 Å². The molecule has 3 heteroatoms. The molecule has 0 aliphatic rings. The smallest absolute Gasteiger partial charge is 0.162 e. The minimum Gasteiger partial charge on any atom is -0.396 e. The summed E-state index contributed by atoms with van der Waals surface area (Å²) in [5.74, 6) is -1.61. The van der Waals surface area contributed by atoms with Crippen LogP contribution in [-0.4, -0.2) is 11.7 Å². The topological polar surface area (TPSA) is 20.2 Å². The molecule has 0 saturated heterocycles. The fourth-order valence-corrected chi connectivity index (χ4v) is 1.36. The Morgan fingerprint density at radius 1 is 1.36 bits per heavy atom. The Bertz CT molecular complexity index is 295. The van der Waals surface area contributed by atoms with Gasteiger partial charge in [-0.05, 0) is 24.0 Å². The molecule has 0 bridgehead atoms. The highest BCUT2D eigenvalue weighted by atomic mass is 19.2. The van der Waals surface area contributed by atoms with E-state index in [-0.39, 0.29) is 12.5 Å². The normalized spacial score (nSPS) is 12.9. The lowest BCUT2D eigenvalue weighted by molar-refractivity contribution is 0.221. The van der Waals surface area contributed by atoms with E-state index in [2.05, 4.69) is 0 Å². The van der Waals surface area contributed by atoms with Crippen LogP contribution in [0.15, 0.2) is 18.2 Å². The minimum atomic E-state index is -0.824. The lowest BCUT2D eigenvalue weighted by Gasteiger charge is -2.11. The highest BCUT2D eigenvalue weighted by Gasteiger charge is 2.12. The predicted octanol–water partition coefficient (Wildman–Crippen LogP) is 2.53. The summed E-state index contributed by atoms with van der Waals surface area (Å²) < 4.78 is 26.0. The Labute approximate surface area is 82.4 Å². The van der Waals surface area contributed by atoms with Crippen molar-refractivity contribution in [1.82, 2.24) is 0 Å². The quantitative estimate of drug-likeness (QED) is 0.791. The molecular weight excluding hydrogens is 186 g/mol. The maximum atomic E-state index is 13.2. The second-order valence-electron chi connectivity index (χ2n) is 3.37. The van der Waals surface area contributed by atoms with Crippen LogP contribution >= 0.6 is 0 Å². The first kappa shape index (κ1) is 11.1. The van der Waals surface area contributed by atoms with E-state index in [1.807, 2.05) is 6.92 Å². The van der Waals surface area contributed by atoms with Crippen molar-refractivity contribution >= 4 is 0 Å². The van der Waals surface area contributed by atoms with Crippen LogP contribution in [0.4, 0.5) is 8.78 Å². The molecule has 0 fully saturated rings. The largest absolute Gasteiger partial charge is 0.396 e. The molecule has 0 spiro atoms. The summed E-state index contributed by atoms with van der Waals surface area (Å²) in [6, 6.07) is 4.13. The third kappa shape index (κ3) is 2.51. The van der Waals surface area contributed by atoms with Gasteiger partial charge in [0.2, 0.25) is 0 Å². The van der Waals surface area contributed by atoms with Crippen LogP contribution in [0.3, 0.4) is 0 Å². The van der Waals surface area contributed by atoms with Gasteiger partial charge >= 0.3 is 0 Å². The molecule has 1 atom stereocenters. The third-order valence-corrected chi connectivity index (χ3v) is 2.38. The fraction of sp³-hybridized carbons (Fsp3) is 0.455. The summed E-state index contributed by atoms with van der Waals surface area (Å²) in [7, 11) is 0. The first-order valence-electron chi connectivity index (χ1n) is 4.72. The molecule has 0 heterocycles. The van der Waals surface area contributed by atoms with Crippen LogP contribution in [-0.2, 0) is 6.42 Å². The van der Waals surface area contributed by atoms with Gasteiger partial charge in [-0.1, -0.05) is 25.5 Å². The SMILES string of the molecule is CCC(CO)Cc1cccc(F)c1F. The molecule has 78 valence electrons. The van der Waals surface area contributed by atoms with E-state index in [1.54, 1.807) is 6.07 Å². The number of aliphatic hydroxyl groups excluding tert-OH is 1. The van der Waals surface area contributed by atoms with E-state index in [9.17, 15) is 8.78 Å².